The normalized spacial score (nSPS) is 14.3. The summed E-state index contributed by atoms with van der Waals surface area (Å²) in [6.45, 7) is 7.13. The van der Waals surface area contributed by atoms with E-state index in [4.69, 9.17) is 0 Å². The average molecular weight is 239 g/mol. The topological polar surface area (TPSA) is 41.3 Å². The number of hydrogen-bond donors (Lipinski definition) is 1. The van der Waals surface area contributed by atoms with Gasteiger partial charge in [-0.25, -0.2) is 4.98 Å². The molecule has 0 saturated carbocycles. The summed E-state index contributed by atoms with van der Waals surface area (Å²) in [5, 5.41) is 10.7. The van der Waals surface area contributed by atoms with Gasteiger partial charge in [0.05, 0.1) is 5.54 Å². The van der Waals surface area contributed by atoms with Gasteiger partial charge < -0.3 is 14.6 Å². The Morgan fingerprint density at radius 3 is 2.35 bits per heavy atom. The number of imidazole rings is 1. The Bertz CT molecular complexity index is 342. The highest BCUT2D eigenvalue weighted by Gasteiger charge is 2.39. The van der Waals surface area contributed by atoms with Crippen molar-refractivity contribution in [2.45, 2.75) is 51.8 Å². The zero-order chi connectivity index (χ0) is 13.1. The SMILES string of the molecule is CCn1ccnc1C(O)C(CC)(CC)N(C)C. The van der Waals surface area contributed by atoms with Crippen molar-refractivity contribution in [2.24, 2.45) is 0 Å². The highest BCUT2D eigenvalue weighted by atomic mass is 16.3. The molecule has 17 heavy (non-hydrogen) atoms. The second-order valence-corrected chi connectivity index (χ2v) is 4.68. The van der Waals surface area contributed by atoms with Crippen LogP contribution in [0.1, 0.15) is 45.5 Å². The molecule has 0 aliphatic carbocycles. The smallest absolute Gasteiger partial charge is 0.139 e. The highest BCUT2D eigenvalue weighted by molar-refractivity contribution is 5.06. The number of aliphatic hydroxyl groups excluding tert-OH is 1. The van der Waals surface area contributed by atoms with Crippen LogP contribution in [0.3, 0.4) is 0 Å². The first-order valence-electron chi connectivity index (χ1n) is 6.40. The molecule has 0 saturated heterocycles. The summed E-state index contributed by atoms with van der Waals surface area (Å²) in [6.07, 6.45) is 4.92. The second kappa shape index (κ2) is 5.65. The molecule has 0 aliphatic rings. The van der Waals surface area contributed by atoms with Crippen molar-refractivity contribution in [3.8, 4) is 0 Å². The highest BCUT2D eigenvalue weighted by Crippen LogP contribution is 2.35. The first-order valence-corrected chi connectivity index (χ1v) is 6.40. The van der Waals surface area contributed by atoms with E-state index in [-0.39, 0.29) is 5.54 Å². The fraction of sp³-hybridized carbons (Fsp3) is 0.769. The number of nitrogens with zero attached hydrogens (tertiary/aromatic N) is 3. The summed E-state index contributed by atoms with van der Waals surface area (Å²) < 4.78 is 2.01. The lowest BCUT2D eigenvalue weighted by Crippen LogP contribution is -2.49. The van der Waals surface area contributed by atoms with Crippen molar-refractivity contribution in [3.63, 3.8) is 0 Å². The van der Waals surface area contributed by atoms with Crippen molar-refractivity contribution < 1.29 is 5.11 Å². The minimum Gasteiger partial charge on any atom is -0.383 e. The molecule has 98 valence electrons. The van der Waals surface area contributed by atoms with Gasteiger partial charge in [-0.2, -0.15) is 0 Å². The summed E-state index contributed by atoms with van der Waals surface area (Å²) in [5.41, 5.74) is -0.238. The molecule has 1 heterocycles. The van der Waals surface area contributed by atoms with Gasteiger partial charge in [-0.05, 0) is 33.9 Å². The maximum absolute atomic E-state index is 10.7. The molecule has 0 radical (unpaired) electrons. The van der Waals surface area contributed by atoms with Gasteiger partial charge >= 0.3 is 0 Å². The predicted molar refractivity (Wildman–Crippen MR) is 69.9 cm³/mol. The lowest BCUT2D eigenvalue weighted by atomic mass is 9.84. The van der Waals surface area contributed by atoms with Crippen molar-refractivity contribution in [1.29, 1.82) is 0 Å². The molecular formula is C13H25N3O. The molecule has 1 aromatic heterocycles. The molecule has 1 aromatic rings. The van der Waals surface area contributed by atoms with E-state index in [1.165, 1.54) is 0 Å². The minimum atomic E-state index is -0.553. The van der Waals surface area contributed by atoms with Crippen molar-refractivity contribution >= 4 is 0 Å². The third-order valence-corrected chi connectivity index (χ3v) is 3.96. The van der Waals surface area contributed by atoms with Crippen molar-refractivity contribution in [3.05, 3.63) is 18.2 Å². The van der Waals surface area contributed by atoms with E-state index in [2.05, 4.69) is 30.7 Å². The number of likely N-dealkylation sites (N-methyl/N-ethyl adjacent to an activating group) is 1. The van der Waals surface area contributed by atoms with Crippen LogP contribution < -0.4 is 0 Å². The molecule has 0 spiro atoms. The largest absolute Gasteiger partial charge is 0.383 e. The molecule has 1 rings (SSSR count). The van der Waals surface area contributed by atoms with Crippen LogP contribution in [-0.4, -0.2) is 39.2 Å². The van der Waals surface area contributed by atoms with Crippen LogP contribution >= 0.6 is 0 Å². The molecule has 4 heteroatoms. The quantitative estimate of drug-likeness (QED) is 0.826. The molecule has 0 amide bonds. The molecule has 0 bridgehead atoms. The molecule has 4 nitrogen and oxygen atoms in total. The van der Waals surface area contributed by atoms with E-state index in [0.29, 0.717) is 0 Å². The number of aliphatic hydroxyl groups is 1. The molecular weight excluding hydrogens is 214 g/mol. The fourth-order valence-electron chi connectivity index (χ4n) is 2.59. The molecule has 0 aromatic carbocycles. The van der Waals surface area contributed by atoms with Gasteiger partial charge in [-0.1, -0.05) is 13.8 Å². The van der Waals surface area contributed by atoms with Crippen molar-refractivity contribution in [2.75, 3.05) is 14.1 Å². The Morgan fingerprint density at radius 1 is 1.35 bits per heavy atom. The Labute approximate surface area is 104 Å². The number of aryl methyl sites for hydroxylation is 1. The first kappa shape index (κ1) is 14.2. The maximum Gasteiger partial charge on any atom is 0.139 e. The third kappa shape index (κ3) is 2.38. The van der Waals surface area contributed by atoms with Crippen LogP contribution in [-0.2, 0) is 6.54 Å². The molecule has 1 unspecified atom stereocenters. The second-order valence-electron chi connectivity index (χ2n) is 4.68. The monoisotopic (exact) mass is 239 g/mol. The van der Waals surface area contributed by atoms with Crippen LogP contribution in [0.15, 0.2) is 12.4 Å². The average Bonchev–Trinajstić information content (AvgIpc) is 2.78. The molecule has 1 N–H and O–H groups in total. The first-order chi connectivity index (χ1) is 8.03. The van der Waals surface area contributed by atoms with Crippen LogP contribution in [0.5, 0.6) is 0 Å². The summed E-state index contributed by atoms with van der Waals surface area (Å²) in [5.74, 6) is 0.768. The van der Waals surface area contributed by atoms with Gasteiger partial charge in [0.25, 0.3) is 0 Å². The van der Waals surface area contributed by atoms with E-state index >= 15 is 0 Å². The fourth-order valence-corrected chi connectivity index (χ4v) is 2.59. The van der Waals surface area contributed by atoms with Crippen LogP contribution in [0.4, 0.5) is 0 Å². The van der Waals surface area contributed by atoms with Gasteiger partial charge in [0.1, 0.15) is 11.9 Å². The number of hydrogen-bond acceptors (Lipinski definition) is 3. The van der Waals surface area contributed by atoms with Gasteiger partial charge in [0.2, 0.25) is 0 Å². The van der Waals surface area contributed by atoms with Crippen molar-refractivity contribution in [1.82, 2.24) is 14.5 Å². The standard InChI is InChI=1S/C13H25N3O/c1-6-13(7-2,15(4)5)11(17)12-14-9-10-16(12)8-3/h9-11,17H,6-8H2,1-5H3. The lowest BCUT2D eigenvalue weighted by molar-refractivity contribution is -0.0217. The maximum atomic E-state index is 10.7. The third-order valence-electron chi connectivity index (χ3n) is 3.96. The minimum absolute atomic E-state index is 0.238. The van der Waals surface area contributed by atoms with E-state index < -0.39 is 6.10 Å². The van der Waals surface area contributed by atoms with E-state index in [1.807, 2.05) is 24.9 Å². The summed E-state index contributed by atoms with van der Waals surface area (Å²) in [4.78, 5) is 6.43. The zero-order valence-corrected chi connectivity index (χ0v) is 11.6. The molecule has 1 atom stereocenters. The Balaban J connectivity index is 3.12. The summed E-state index contributed by atoms with van der Waals surface area (Å²) >= 11 is 0. The van der Waals surface area contributed by atoms with Gasteiger partial charge in [-0.3, -0.25) is 0 Å². The van der Waals surface area contributed by atoms with Crippen LogP contribution in [0.2, 0.25) is 0 Å². The number of aromatic nitrogens is 2. The Hall–Kier alpha value is -0.870. The zero-order valence-electron chi connectivity index (χ0n) is 11.6. The summed E-state index contributed by atoms with van der Waals surface area (Å²) in [6, 6.07) is 0. The molecule has 0 fully saturated rings. The lowest BCUT2D eigenvalue weighted by Gasteiger charge is -2.42. The van der Waals surface area contributed by atoms with Gasteiger partial charge in [0, 0.05) is 18.9 Å². The van der Waals surface area contributed by atoms with Gasteiger partial charge in [0.15, 0.2) is 0 Å². The van der Waals surface area contributed by atoms with E-state index in [1.54, 1.807) is 6.20 Å². The molecule has 0 aliphatic heterocycles. The van der Waals surface area contributed by atoms with Crippen LogP contribution in [0, 0.1) is 0 Å². The Morgan fingerprint density at radius 2 is 1.94 bits per heavy atom. The summed E-state index contributed by atoms with van der Waals surface area (Å²) in [7, 11) is 4.05. The number of rotatable bonds is 6. The van der Waals surface area contributed by atoms with Crippen LogP contribution in [0.25, 0.3) is 0 Å². The predicted octanol–water partition coefficient (Wildman–Crippen LogP) is 2.06. The van der Waals surface area contributed by atoms with E-state index in [0.717, 1.165) is 25.2 Å². The van der Waals surface area contributed by atoms with E-state index in [9.17, 15) is 5.11 Å². The Kier molecular flexibility index (Phi) is 4.71. The van der Waals surface area contributed by atoms with Gasteiger partial charge in [-0.15, -0.1) is 0 Å².